The van der Waals surface area contributed by atoms with Crippen LogP contribution in [0.3, 0.4) is 0 Å². The molecule has 1 aliphatic heterocycles. The molecule has 0 radical (unpaired) electrons. The number of fused-ring (bicyclic) bond motifs is 1. The number of allylic oxidation sites excluding steroid dienone is 1. The summed E-state index contributed by atoms with van der Waals surface area (Å²) in [6.07, 6.45) is 6.76. The molecule has 0 unspecified atom stereocenters. The zero-order valence-corrected chi connectivity index (χ0v) is 9.43. The molecule has 1 aromatic carbocycles. The van der Waals surface area contributed by atoms with Gasteiger partial charge in [-0.25, -0.2) is 0 Å². The van der Waals surface area contributed by atoms with Crippen LogP contribution in [0.25, 0.3) is 0 Å². The van der Waals surface area contributed by atoms with Gasteiger partial charge < -0.3 is 0 Å². The van der Waals surface area contributed by atoms with E-state index in [4.69, 9.17) is 0 Å². The molecule has 0 aromatic heterocycles. The molecule has 0 bridgehead atoms. The lowest BCUT2D eigenvalue weighted by Crippen LogP contribution is -2.40. The second kappa shape index (κ2) is 3.84. The predicted molar refractivity (Wildman–Crippen MR) is 63.7 cm³/mol. The lowest BCUT2D eigenvalue weighted by molar-refractivity contribution is 0.0575. The van der Waals surface area contributed by atoms with Crippen molar-refractivity contribution in [3.63, 3.8) is 0 Å². The summed E-state index contributed by atoms with van der Waals surface area (Å²) in [6.45, 7) is 0. The molecule has 0 fully saturated rings. The van der Waals surface area contributed by atoms with Gasteiger partial charge in [0.1, 0.15) is 0 Å². The maximum absolute atomic E-state index is 12.2. The monoisotopic (exact) mass is 227 g/mol. The first-order valence-corrected chi connectivity index (χ1v) is 5.91. The summed E-state index contributed by atoms with van der Waals surface area (Å²) in [6, 6.07) is 7.10. The summed E-state index contributed by atoms with van der Waals surface area (Å²) in [7, 11) is 0. The van der Waals surface area contributed by atoms with Gasteiger partial charge in [0.05, 0.1) is 11.1 Å². The highest BCUT2D eigenvalue weighted by molar-refractivity contribution is 6.21. The SMILES string of the molecule is O=C1c2ccccc2C(=O)N1[C@H]1CC=CCC1. The number of imide groups is 1. The van der Waals surface area contributed by atoms with Crippen LogP contribution in [0.4, 0.5) is 0 Å². The van der Waals surface area contributed by atoms with E-state index in [9.17, 15) is 9.59 Å². The van der Waals surface area contributed by atoms with Crippen LogP contribution in [0.2, 0.25) is 0 Å². The molecule has 0 N–H and O–H groups in total. The zero-order valence-electron chi connectivity index (χ0n) is 9.43. The van der Waals surface area contributed by atoms with Crippen molar-refractivity contribution in [2.45, 2.75) is 25.3 Å². The van der Waals surface area contributed by atoms with Gasteiger partial charge in [-0.15, -0.1) is 0 Å². The van der Waals surface area contributed by atoms with E-state index >= 15 is 0 Å². The maximum Gasteiger partial charge on any atom is 0.261 e. The van der Waals surface area contributed by atoms with Crippen molar-refractivity contribution >= 4 is 11.8 Å². The number of hydrogen-bond donors (Lipinski definition) is 0. The number of nitrogens with zero attached hydrogens (tertiary/aromatic N) is 1. The minimum atomic E-state index is -0.133. The van der Waals surface area contributed by atoms with Crippen molar-refractivity contribution in [1.29, 1.82) is 0 Å². The molecule has 3 nitrogen and oxygen atoms in total. The Morgan fingerprint density at radius 1 is 1.00 bits per heavy atom. The number of benzene rings is 1. The Hall–Kier alpha value is -1.90. The van der Waals surface area contributed by atoms with Crippen molar-refractivity contribution < 1.29 is 9.59 Å². The molecule has 3 heteroatoms. The molecule has 0 spiro atoms. The smallest absolute Gasteiger partial charge is 0.261 e. The van der Waals surface area contributed by atoms with E-state index in [1.165, 1.54) is 4.90 Å². The second-order valence-electron chi connectivity index (χ2n) is 4.46. The Labute approximate surface area is 99.7 Å². The normalized spacial score (nSPS) is 23.1. The molecule has 17 heavy (non-hydrogen) atoms. The van der Waals surface area contributed by atoms with E-state index in [1.54, 1.807) is 24.3 Å². The van der Waals surface area contributed by atoms with Gasteiger partial charge in [-0.1, -0.05) is 24.3 Å². The van der Waals surface area contributed by atoms with Gasteiger partial charge >= 0.3 is 0 Å². The van der Waals surface area contributed by atoms with Gasteiger partial charge in [0, 0.05) is 6.04 Å². The van der Waals surface area contributed by atoms with Gasteiger partial charge in [0.15, 0.2) is 0 Å². The highest BCUT2D eigenvalue weighted by atomic mass is 16.2. The Balaban J connectivity index is 1.97. The van der Waals surface area contributed by atoms with Gasteiger partial charge in [-0.05, 0) is 31.4 Å². The van der Waals surface area contributed by atoms with E-state index in [1.807, 2.05) is 0 Å². The average molecular weight is 227 g/mol. The van der Waals surface area contributed by atoms with E-state index in [0.29, 0.717) is 11.1 Å². The molecule has 1 aromatic rings. The topological polar surface area (TPSA) is 37.4 Å². The molecule has 2 aliphatic rings. The molecule has 0 saturated heterocycles. The highest BCUT2D eigenvalue weighted by Gasteiger charge is 2.39. The predicted octanol–water partition coefficient (Wildman–Crippen LogP) is 2.39. The molecule has 1 heterocycles. The van der Waals surface area contributed by atoms with E-state index in [0.717, 1.165) is 19.3 Å². The standard InChI is InChI=1S/C14H13NO2/c16-13-11-8-4-5-9-12(11)14(17)15(13)10-6-2-1-3-7-10/h1-2,4-5,8-10H,3,6-7H2/t10-/m0/s1. The van der Waals surface area contributed by atoms with Crippen LogP contribution in [0.5, 0.6) is 0 Å². The van der Waals surface area contributed by atoms with E-state index in [-0.39, 0.29) is 17.9 Å². The van der Waals surface area contributed by atoms with Crippen LogP contribution in [-0.4, -0.2) is 22.8 Å². The van der Waals surface area contributed by atoms with Crippen molar-refractivity contribution in [1.82, 2.24) is 4.90 Å². The first-order chi connectivity index (χ1) is 8.29. The Morgan fingerprint density at radius 3 is 2.18 bits per heavy atom. The Bertz CT molecular complexity index is 484. The summed E-state index contributed by atoms with van der Waals surface area (Å²) >= 11 is 0. The number of amides is 2. The largest absolute Gasteiger partial charge is 0.271 e. The average Bonchev–Trinajstić information content (AvgIpc) is 2.64. The van der Waals surface area contributed by atoms with Crippen molar-refractivity contribution in [2.24, 2.45) is 0 Å². The fraction of sp³-hybridized carbons (Fsp3) is 0.286. The molecule has 2 amide bonds. The van der Waals surface area contributed by atoms with Gasteiger partial charge in [-0.3, -0.25) is 14.5 Å². The summed E-state index contributed by atoms with van der Waals surface area (Å²) < 4.78 is 0. The first kappa shape index (κ1) is 10.3. The molecule has 3 rings (SSSR count). The molecule has 86 valence electrons. The minimum absolute atomic E-state index is 0.0346. The van der Waals surface area contributed by atoms with Crippen LogP contribution in [0, 0.1) is 0 Å². The highest BCUT2D eigenvalue weighted by Crippen LogP contribution is 2.28. The van der Waals surface area contributed by atoms with Crippen LogP contribution in [0.1, 0.15) is 40.0 Å². The van der Waals surface area contributed by atoms with Crippen LogP contribution >= 0.6 is 0 Å². The maximum atomic E-state index is 12.2. The van der Waals surface area contributed by atoms with Crippen LogP contribution in [0.15, 0.2) is 36.4 Å². The molecular formula is C14H13NO2. The molecule has 0 saturated carbocycles. The van der Waals surface area contributed by atoms with Crippen molar-refractivity contribution in [2.75, 3.05) is 0 Å². The van der Waals surface area contributed by atoms with Gasteiger partial charge in [0.25, 0.3) is 11.8 Å². The fourth-order valence-corrected chi connectivity index (χ4v) is 2.55. The van der Waals surface area contributed by atoms with Gasteiger partial charge in [-0.2, -0.15) is 0 Å². The third kappa shape index (κ3) is 1.50. The van der Waals surface area contributed by atoms with Crippen LogP contribution < -0.4 is 0 Å². The van der Waals surface area contributed by atoms with Gasteiger partial charge in [0.2, 0.25) is 0 Å². The number of carbonyl (C=O) groups is 2. The lowest BCUT2D eigenvalue weighted by Gasteiger charge is -2.26. The van der Waals surface area contributed by atoms with E-state index in [2.05, 4.69) is 12.2 Å². The molecular weight excluding hydrogens is 214 g/mol. The summed E-state index contributed by atoms with van der Waals surface area (Å²) in [5.41, 5.74) is 1.10. The Morgan fingerprint density at radius 2 is 1.65 bits per heavy atom. The summed E-state index contributed by atoms with van der Waals surface area (Å²) in [4.78, 5) is 25.8. The summed E-state index contributed by atoms with van der Waals surface area (Å²) in [5, 5.41) is 0. The quantitative estimate of drug-likeness (QED) is 0.545. The minimum Gasteiger partial charge on any atom is -0.271 e. The lowest BCUT2D eigenvalue weighted by atomic mass is 10.0. The number of rotatable bonds is 1. The van der Waals surface area contributed by atoms with E-state index < -0.39 is 0 Å². The van der Waals surface area contributed by atoms with Crippen molar-refractivity contribution in [3.8, 4) is 0 Å². The summed E-state index contributed by atoms with van der Waals surface area (Å²) in [5.74, 6) is -0.267. The third-order valence-electron chi connectivity index (χ3n) is 3.43. The first-order valence-electron chi connectivity index (χ1n) is 5.91. The zero-order chi connectivity index (χ0) is 11.8. The van der Waals surface area contributed by atoms with Crippen molar-refractivity contribution in [3.05, 3.63) is 47.5 Å². The third-order valence-corrected chi connectivity index (χ3v) is 3.43. The van der Waals surface area contributed by atoms with Crippen LogP contribution in [-0.2, 0) is 0 Å². The fourth-order valence-electron chi connectivity index (χ4n) is 2.55. The Kier molecular flexibility index (Phi) is 2.32. The molecule has 1 atom stereocenters. The number of carbonyl (C=O) groups excluding carboxylic acids is 2. The second-order valence-corrected chi connectivity index (χ2v) is 4.46. The molecule has 1 aliphatic carbocycles. The number of hydrogen-bond acceptors (Lipinski definition) is 2.